The van der Waals surface area contributed by atoms with Crippen LogP contribution in [0, 0.1) is 11.8 Å². The van der Waals surface area contributed by atoms with E-state index in [1.54, 1.807) is 6.26 Å². The van der Waals surface area contributed by atoms with E-state index in [1.165, 1.54) is 0 Å². The lowest BCUT2D eigenvalue weighted by molar-refractivity contribution is -0.138. The zero-order valence-electron chi connectivity index (χ0n) is 17.4. The predicted molar refractivity (Wildman–Crippen MR) is 112 cm³/mol. The molecule has 5 rings (SSSR count). The molecule has 1 amide bonds. The van der Waals surface area contributed by atoms with Crippen molar-refractivity contribution in [2.45, 2.75) is 44.8 Å². The monoisotopic (exact) mass is 408 g/mol. The number of carbonyl (C=O) groups excluding carboxylic acids is 1. The Kier molecular flexibility index (Phi) is 5.06. The Morgan fingerprint density at radius 2 is 2.00 bits per heavy atom. The van der Waals surface area contributed by atoms with Gasteiger partial charge in [0.15, 0.2) is 0 Å². The number of piperidine rings is 1. The third kappa shape index (κ3) is 3.62. The smallest absolute Gasteiger partial charge is 0.255 e. The first-order valence-corrected chi connectivity index (χ1v) is 10.8. The first kappa shape index (κ1) is 19.3. The summed E-state index contributed by atoms with van der Waals surface area (Å²) in [6.07, 6.45) is 8.59. The highest BCUT2D eigenvalue weighted by Gasteiger charge is 2.38. The Bertz CT molecular complexity index is 1000. The number of likely N-dealkylation sites (tertiary alicyclic amines) is 1. The van der Waals surface area contributed by atoms with E-state index in [1.807, 2.05) is 23.7 Å². The van der Waals surface area contributed by atoms with Crippen LogP contribution in [0.25, 0.3) is 0 Å². The molecular weight excluding hydrogens is 380 g/mol. The molecule has 0 saturated carbocycles. The van der Waals surface area contributed by atoms with Crippen LogP contribution in [0.15, 0.2) is 45.9 Å². The van der Waals surface area contributed by atoms with Gasteiger partial charge in [0.05, 0.1) is 5.69 Å². The second kappa shape index (κ2) is 7.87. The normalized spacial score (nSPS) is 23.2. The van der Waals surface area contributed by atoms with E-state index < -0.39 is 0 Å². The number of nitrogens with zero attached hydrogens (tertiary/aromatic N) is 4. The van der Waals surface area contributed by atoms with Crippen LogP contribution in [-0.2, 0) is 24.4 Å². The minimum atomic E-state index is 0.106. The van der Waals surface area contributed by atoms with Crippen LogP contribution < -0.4 is 5.56 Å². The van der Waals surface area contributed by atoms with Crippen molar-refractivity contribution >= 4 is 5.91 Å². The molecule has 0 spiro atoms. The predicted octanol–water partition coefficient (Wildman–Crippen LogP) is 2.38. The fraction of sp³-hybridized carbons (Fsp3) is 0.522. The van der Waals surface area contributed by atoms with Gasteiger partial charge in [-0.05, 0) is 38.3 Å². The van der Waals surface area contributed by atoms with Gasteiger partial charge < -0.3 is 14.0 Å². The number of pyridine rings is 1. The van der Waals surface area contributed by atoms with Gasteiger partial charge in [-0.1, -0.05) is 23.4 Å². The van der Waals surface area contributed by atoms with Gasteiger partial charge in [0.1, 0.15) is 6.26 Å². The number of aromatic nitrogens is 2. The quantitative estimate of drug-likeness (QED) is 0.711. The van der Waals surface area contributed by atoms with Crippen molar-refractivity contribution < 1.29 is 9.32 Å². The summed E-state index contributed by atoms with van der Waals surface area (Å²) < 4.78 is 6.86. The maximum Gasteiger partial charge on any atom is 0.255 e. The molecule has 2 aromatic heterocycles. The van der Waals surface area contributed by atoms with Gasteiger partial charge in [0.2, 0.25) is 5.91 Å². The average Bonchev–Trinajstić information content (AvgIpc) is 3.44. The van der Waals surface area contributed by atoms with Crippen LogP contribution in [0.2, 0.25) is 0 Å². The summed E-state index contributed by atoms with van der Waals surface area (Å²) in [4.78, 5) is 30.3. The van der Waals surface area contributed by atoms with E-state index in [0.29, 0.717) is 25.6 Å². The topological polar surface area (TPSA) is 71.6 Å². The first-order chi connectivity index (χ1) is 14.6. The molecule has 0 N–H and O–H groups in total. The zero-order chi connectivity index (χ0) is 20.7. The fourth-order valence-electron chi connectivity index (χ4n) is 5.31. The molecule has 0 radical (unpaired) electrons. The molecule has 0 aromatic carbocycles. The molecule has 2 aromatic rings. The van der Waals surface area contributed by atoms with Crippen molar-refractivity contribution in [3.8, 4) is 0 Å². The molecule has 0 unspecified atom stereocenters. The van der Waals surface area contributed by atoms with E-state index in [-0.39, 0.29) is 23.3 Å². The minimum absolute atomic E-state index is 0.106. The highest BCUT2D eigenvalue weighted by atomic mass is 16.5. The van der Waals surface area contributed by atoms with E-state index >= 15 is 0 Å². The Morgan fingerprint density at radius 1 is 1.17 bits per heavy atom. The number of hydrogen-bond acceptors (Lipinski definition) is 5. The molecule has 1 fully saturated rings. The Hall–Kier alpha value is -2.67. The SMILES string of the molecule is CN(Cc1ccon1)Cc1ccc2n(c1=O)C[C@H]1C[C@@H]2CN(C(=O)C2CC=CC2)C1. The van der Waals surface area contributed by atoms with E-state index in [4.69, 9.17) is 4.52 Å². The van der Waals surface area contributed by atoms with Gasteiger partial charge in [0, 0.05) is 61.9 Å². The van der Waals surface area contributed by atoms with Crippen molar-refractivity contribution in [1.29, 1.82) is 0 Å². The molecule has 4 heterocycles. The van der Waals surface area contributed by atoms with E-state index in [9.17, 15) is 9.59 Å². The van der Waals surface area contributed by atoms with Gasteiger partial charge in [-0.15, -0.1) is 0 Å². The summed E-state index contributed by atoms with van der Waals surface area (Å²) in [6.45, 7) is 3.42. The summed E-state index contributed by atoms with van der Waals surface area (Å²) in [5.41, 5.74) is 2.84. The van der Waals surface area contributed by atoms with Gasteiger partial charge >= 0.3 is 0 Å². The molecule has 2 bridgehead atoms. The van der Waals surface area contributed by atoms with Crippen molar-refractivity contribution in [1.82, 2.24) is 19.5 Å². The molecule has 158 valence electrons. The van der Waals surface area contributed by atoms with E-state index in [0.717, 1.165) is 49.3 Å². The summed E-state index contributed by atoms with van der Waals surface area (Å²) >= 11 is 0. The van der Waals surface area contributed by atoms with Crippen LogP contribution >= 0.6 is 0 Å². The second-order valence-electron chi connectivity index (χ2n) is 9.04. The van der Waals surface area contributed by atoms with Crippen molar-refractivity contribution in [2.75, 3.05) is 20.1 Å². The maximum atomic E-state index is 13.2. The molecular formula is C23H28N4O3. The van der Waals surface area contributed by atoms with Gasteiger partial charge in [0.25, 0.3) is 5.56 Å². The Morgan fingerprint density at radius 3 is 2.77 bits per heavy atom. The van der Waals surface area contributed by atoms with Crippen LogP contribution in [0.5, 0.6) is 0 Å². The van der Waals surface area contributed by atoms with Gasteiger partial charge in [-0.3, -0.25) is 14.5 Å². The average molecular weight is 409 g/mol. The number of rotatable bonds is 5. The third-order valence-corrected chi connectivity index (χ3v) is 6.72. The summed E-state index contributed by atoms with van der Waals surface area (Å²) in [6, 6.07) is 5.91. The summed E-state index contributed by atoms with van der Waals surface area (Å²) in [5, 5.41) is 3.94. The maximum absolute atomic E-state index is 13.2. The number of hydrogen-bond donors (Lipinski definition) is 0. The van der Waals surface area contributed by atoms with Crippen LogP contribution in [0.3, 0.4) is 0 Å². The molecule has 3 aliphatic rings. The molecule has 1 aliphatic carbocycles. The Balaban J connectivity index is 1.32. The van der Waals surface area contributed by atoms with Crippen LogP contribution in [0.4, 0.5) is 0 Å². The highest BCUT2D eigenvalue weighted by Crippen LogP contribution is 2.36. The molecule has 30 heavy (non-hydrogen) atoms. The third-order valence-electron chi connectivity index (χ3n) is 6.72. The lowest BCUT2D eigenvalue weighted by Gasteiger charge is -2.43. The lowest BCUT2D eigenvalue weighted by Crippen LogP contribution is -2.50. The molecule has 7 heteroatoms. The number of amides is 1. The fourth-order valence-corrected chi connectivity index (χ4v) is 5.31. The number of fused-ring (bicyclic) bond motifs is 4. The second-order valence-corrected chi connectivity index (χ2v) is 9.04. The molecule has 1 saturated heterocycles. The largest absolute Gasteiger partial charge is 0.364 e. The standard InChI is InChI=1S/C23H28N4O3/c1-25(15-20-8-9-30-24-20)13-18-6-7-21-19-10-16(12-27(21)23(18)29)11-26(14-19)22(28)17-4-2-3-5-17/h2-3,6-9,16-17,19H,4-5,10-15H2,1H3/t16-,19+/m0/s1. The molecule has 2 atom stereocenters. The van der Waals surface area contributed by atoms with Gasteiger partial charge in [-0.25, -0.2) is 0 Å². The van der Waals surface area contributed by atoms with Crippen LogP contribution in [0.1, 0.15) is 42.1 Å². The highest BCUT2D eigenvalue weighted by molar-refractivity contribution is 5.80. The molecule has 7 nitrogen and oxygen atoms in total. The van der Waals surface area contributed by atoms with Gasteiger partial charge in [-0.2, -0.15) is 0 Å². The molecule has 2 aliphatic heterocycles. The van der Waals surface area contributed by atoms with Crippen LogP contribution in [-0.4, -0.2) is 45.6 Å². The zero-order valence-corrected chi connectivity index (χ0v) is 17.4. The first-order valence-electron chi connectivity index (χ1n) is 10.8. The van der Waals surface area contributed by atoms with E-state index in [2.05, 4.69) is 33.2 Å². The Labute approximate surface area is 175 Å². The lowest BCUT2D eigenvalue weighted by atomic mass is 9.82. The minimum Gasteiger partial charge on any atom is -0.364 e. The van der Waals surface area contributed by atoms with Crippen molar-refractivity contribution in [3.63, 3.8) is 0 Å². The van der Waals surface area contributed by atoms with Crippen molar-refractivity contribution in [2.24, 2.45) is 11.8 Å². The summed E-state index contributed by atoms with van der Waals surface area (Å²) in [5.74, 6) is 1.02. The summed E-state index contributed by atoms with van der Waals surface area (Å²) in [7, 11) is 1.98. The van der Waals surface area contributed by atoms with Crippen molar-refractivity contribution in [3.05, 3.63) is 63.9 Å². The number of carbonyl (C=O) groups is 1. The number of allylic oxidation sites excluding steroid dienone is 2.